The number of rotatable bonds is 9. The minimum atomic E-state index is 0.462. The number of nitrogens with one attached hydrogen (secondary N) is 4. The predicted octanol–water partition coefficient (Wildman–Crippen LogP) is 10.3. The molecule has 2 saturated carbocycles. The van der Waals surface area contributed by atoms with Gasteiger partial charge in [0.25, 0.3) is 0 Å². The molecular formula is C50H52ClN13. The normalized spacial score (nSPS) is 15.6. The summed E-state index contributed by atoms with van der Waals surface area (Å²) in [6.07, 6.45) is 23.2. The number of anilines is 3. The zero-order valence-electron chi connectivity index (χ0n) is 35.7. The van der Waals surface area contributed by atoms with Crippen molar-refractivity contribution < 1.29 is 0 Å². The fourth-order valence-corrected chi connectivity index (χ4v) is 8.86. The smallest absolute Gasteiger partial charge is 0.137 e. The second-order valence-electron chi connectivity index (χ2n) is 16.7. The molecule has 1 aliphatic heterocycles. The van der Waals surface area contributed by atoms with Crippen LogP contribution >= 0.6 is 11.6 Å². The van der Waals surface area contributed by atoms with Gasteiger partial charge in [0.2, 0.25) is 0 Å². The molecule has 0 radical (unpaired) electrons. The second-order valence-corrected chi connectivity index (χ2v) is 17.1. The summed E-state index contributed by atoms with van der Waals surface area (Å²) in [7, 11) is 0. The van der Waals surface area contributed by atoms with Gasteiger partial charge in [-0.1, -0.05) is 74.0 Å². The van der Waals surface area contributed by atoms with Gasteiger partial charge in [-0.3, -0.25) is 13.2 Å². The first kappa shape index (κ1) is 41.2. The Kier molecular flexibility index (Phi) is 12.4. The molecule has 0 bridgehead atoms. The standard InChI is InChI=1S/C18H20N4.C17H18N4.C15H14ClN5/c1-2-7-14(8-3-1)20-17-10-6-9-15(21-17)16-13-19-18-11-4-5-12-22(16)18;1-2-7-13(6-1)19-16-9-5-8-14(20-16)15-12-18-17-10-3-4-11-21(15)17;16-10-4-5-15-18-8-13(21(15)9-10)12-2-1-3-14(20-12)19-11-6-17-7-11/h4-6,9-14H,1-3,7-8H2,(H,20,21);3-5,8-13H,1-2,6-7H2,(H,19,20);1-5,8-9,11,17H,6-7H2,(H,19,20). The van der Waals surface area contributed by atoms with E-state index in [9.17, 15) is 0 Å². The number of pyridine rings is 6. The van der Waals surface area contributed by atoms with Crippen LogP contribution in [0.25, 0.3) is 51.1 Å². The molecule has 9 aromatic rings. The molecule has 2 aliphatic carbocycles. The first-order chi connectivity index (χ1) is 31.6. The summed E-state index contributed by atoms with van der Waals surface area (Å²) in [4.78, 5) is 27.5. The maximum atomic E-state index is 6.07. The van der Waals surface area contributed by atoms with E-state index < -0.39 is 0 Å². The third kappa shape index (κ3) is 9.55. The van der Waals surface area contributed by atoms with Crippen molar-refractivity contribution in [3.8, 4) is 34.2 Å². The van der Waals surface area contributed by atoms with Crippen LogP contribution in [0.15, 0.2) is 140 Å². The number of hydrogen-bond acceptors (Lipinski definition) is 10. The molecule has 10 heterocycles. The summed E-state index contributed by atoms with van der Waals surface area (Å²) < 4.78 is 6.10. The van der Waals surface area contributed by atoms with Gasteiger partial charge in [0.05, 0.1) is 63.8 Å². The molecule has 3 fully saturated rings. The predicted molar refractivity (Wildman–Crippen MR) is 257 cm³/mol. The van der Waals surface area contributed by atoms with Crippen molar-refractivity contribution in [1.82, 2.24) is 48.4 Å². The van der Waals surface area contributed by atoms with Crippen LogP contribution in [-0.4, -0.2) is 74.3 Å². The molecule has 9 aromatic heterocycles. The summed E-state index contributed by atoms with van der Waals surface area (Å²) in [6.45, 7) is 1.97. The highest BCUT2D eigenvalue weighted by Crippen LogP contribution is 2.27. The Hall–Kier alpha value is -6.83. The summed E-state index contributed by atoms with van der Waals surface area (Å²) in [6, 6.07) is 35.7. The summed E-state index contributed by atoms with van der Waals surface area (Å²) in [5.74, 6) is 2.82. The van der Waals surface area contributed by atoms with Gasteiger partial charge in [0.1, 0.15) is 34.4 Å². The first-order valence-corrected chi connectivity index (χ1v) is 22.9. The van der Waals surface area contributed by atoms with E-state index in [-0.39, 0.29) is 0 Å². The number of hydrogen-bond donors (Lipinski definition) is 4. The van der Waals surface area contributed by atoms with Crippen molar-refractivity contribution in [2.24, 2.45) is 0 Å². The molecule has 1 saturated heterocycles. The van der Waals surface area contributed by atoms with Gasteiger partial charge in [0.15, 0.2) is 0 Å². The van der Waals surface area contributed by atoms with E-state index in [1.54, 1.807) is 0 Å². The lowest BCUT2D eigenvalue weighted by Crippen LogP contribution is -2.51. The molecule has 324 valence electrons. The van der Waals surface area contributed by atoms with Crippen LogP contribution in [0.3, 0.4) is 0 Å². The molecule has 0 atom stereocenters. The lowest BCUT2D eigenvalue weighted by Gasteiger charge is -2.28. The highest BCUT2D eigenvalue weighted by Gasteiger charge is 2.18. The zero-order chi connectivity index (χ0) is 43.1. The van der Waals surface area contributed by atoms with E-state index in [4.69, 9.17) is 21.6 Å². The molecule has 0 unspecified atom stereocenters. The van der Waals surface area contributed by atoms with Crippen molar-refractivity contribution in [2.45, 2.75) is 75.9 Å². The monoisotopic (exact) mass is 869 g/mol. The van der Waals surface area contributed by atoms with E-state index in [0.29, 0.717) is 23.1 Å². The number of aromatic nitrogens is 9. The summed E-state index contributed by atoms with van der Waals surface area (Å²) in [5, 5.41) is 14.5. The van der Waals surface area contributed by atoms with Gasteiger partial charge < -0.3 is 21.3 Å². The Labute approximate surface area is 377 Å². The largest absolute Gasteiger partial charge is 0.367 e. The van der Waals surface area contributed by atoms with Gasteiger partial charge in [-0.2, -0.15) is 0 Å². The quantitative estimate of drug-likeness (QED) is 0.111. The maximum Gasteiger partial charge on any atom is 0.137 e. The third-order valence-corrected chi connectivity index (χ3v) is 12.4. The highest BCUT2D eigenvalue weighted by molar-refractivity contribution is 6.30. The molecule has 0 aromatic carbocycles. The maximum absolute atomic E-state index is 6.07. The first-order valence-electron chi connectivity index (χ1n) is 22.5. The van der Waals surface area contributed by atoms with Crippen molar-refractivity contribution in [3.05, 3.63) is 145 Å². The molecule has 12 rings (SSSR count). The van der Waals surface area contributed by atoms with Crippen molar-refractivity contribution in [2.75, 3.05) is 29.0 Å². The van der Waals surface area contributed by atoms with Crippen LogP contribution in [0.2, 0.25) is 5.02 Å². The van der Waals surface area contributed by atoms with Crippen LogP contribution in [0, 0.1) is 0 Å². The lowest BCUT2D eigenvalue weighted by molar-refractivity contribution is 0.462. The van der Waals surface area contributed by atoms with E-state index >= 15 is 0 Å². The van der Waals surface area contributed by atoms with Crippen LogP contribution in [0.1, 0.15) is 57.8 Å². The number of nitrogens with zero attached hydrogens (tertiary/aromatic N) is 9. The average molecular weight is 871 g/mol. The van der Waals surface area contributed by atoms with Crippen molar-refractivity contribution in [1.29, 1.82) is 0 Å². The van der Waals surface area contributed by atoms with Gasteiger partial charge in [-0.25, -0.2) is 29.9 Å². The molecule has 0 spiro atoms. The van der Waals surface area contributed by atoms with Crippen LogP contribution < -0.4 is 21.3 Å². The van der Waals surface area contributed by atoms with Crippen molar-refractivity contribution in [3.63, 3.8) is 0 Å². The number of fused-ring (bicyclic) bond motifs is 3. The minimum absolute atomic E-state index is 0.462. The second kappa shape index (κ2) is 19.3. The molecule has 13 nitrogen and oxygen atoms in total. The van der Waals surface area contributed by atoms with Crippen LogP contribution in [0.5, 0.6) is 0 Å². The molecule has 14 heteroatoms. The molecule has 64 heavy (non-hydrogen) atoms. The lowest BCUT2D eigenvalue weighted by atomic mass is 9.95. The van der Waals surface area contributed by atoms with Gasteiger partial charge in [-0.05, 0) is 98.5 Å². The molecule has 0 amide bonds. The van der Waals surface area contributed by atoms with E-state index in [0.717, 1.165) is 81.6 Å². The molecule has 3 aliphatic rings. The Morgan fingerprint density at radius 1 is 0.453 bits per heavy atom. The Balaban J connectivity index is 0.000000114. The average Bonchev–Trinajstić information content (AvgIpc) is 4.16. The van der Waals surface area contributed by atoms with Gasteiger partial charge >= 0.3 is 0 Å². The Bertz CT molecular complexity index is 2960. The van der Waals surface area contributed by atoms with Crippen molar-refractivity contribution >= 4 is 46.0 Å². The Morgan fingerprint density at radius 2 is 0.891 bits per heavy atom. The number of halogens is 1. The number of imidazole rings is 3. The zero-order valence-corrected chi connectivity index (χ0v) is 36.4. The minimum Gasteiger partial charge on any atom is -0.367 e. The third-order valence-electron chi connectivity index (χ3n) is 12.1. The molecular weight excluding hydrogens is 818 g/mol. The fraction of sp³-hybridized carbons (Fsp3) is 0.280. The van der Waals surface area contributed by atoms with E-state index in [1.807, 2.05) is 127 Å². The Morgan fingerprint density at radius 3 is 1.36 bits per heavy atom. The summed E-state index contributed by atoms with van der Waals surface area (Å²) in [5.41, 5.74) is 8.54. The van der Waals surface area contributed by atoms with Gasteiger partial charge in [-0.15, -0.1) is 0 Å². The van der Waals surface area contributed by atoms with Gasteiger partial charge in [0, 0.05) is 43.8 Å². The topological polar surface area (TPSA) is 139 Å². The highest BCUT2D eigenvalue weighted by atomic mass is 35.5. The molecule has 4 N–H and O–H groups in total. The van der Waals surface area contributed by atoms with Crippen LogP contribution in [0.4, 0.5) is 17.5 Å². The van der Waals surface area contributed by atoms with E-state index in [2.05, 4.69) is 68.2 Å². The fourth-order valence-electron chi connectivity index (χ4n) is 8.70. The summed E-state index contributed by atoms with van der Waals surface area (Å²) >= 11 is 6.07. The van der Waals surface area contributed by atoms with Crippen LogP contribution in [-0.2, 0) is 0 Å². The van der Waals surface area contributed by atoms with E-state index in [1.165, 1.54) is 57.8 Å². The SMILES string of the molecule is Clc1ccc2ncc(-c3cccc(NC4CNC4)n3)n2c1.c1cc(NC2CCCC2)nc(-c2cnc3ccccn23)c1.c1cc(NC2CCCCC2)nc(-c2cnc3ccccn23)c1.